The zero-order valence-corrected chi connectivity index (χ0v) is 13.0. The summed E-state index contributed by atoms with van der Waals surface area (Å²) in [7, 11) is 0. The lowest BCUT2D eigenvalue weighted by molar-refractivity contribution is 0.485. The third-order valence-electron chi connectivity index (χ3n) is 3.23. The monoisotopic (exact) mass is 278 g/mol. The summed E-state index contributed by atoms with van der Waals surface area (Å²) in [5, 5.41) is 11.2. The molecule has 19 heavy (non-hydrogen) atoms. The van der Waals surface area contributed by atoms with Gasteiger partial charge in [-0.3, -0.25) is 4.68 Å². The fourth-order valence-electron chi connectivity index (χ4n) is 1.99. The Morgan fingerprint density at radius 1 is 1.21 bits per heavy atom. The van der Waals surface area contributed by atoms with Gasteiger partial charge in [0.25, 0.3) is 0 Å². The lowest BCUT2D eigenvalue weighted by Gasteiger charge is -2.17. The number of aryl methyl sites for hydroxylation is 1. The quantitative estimate of drug-likeness (QED) is 0.908. The molecule has 0 aromatic carbocycles. The maximum atomic E-state index is 4.53. The molecule has 2 aromatic rings. The van der Waals surface area contributed by atoms with E-state index in [-0.39, 0.29) is 12.1 Å². The van der Waals surface area contributed by atoms with Crippen molar-refractivity contribution in [1.29, 1.82) is 0 Å². The van der Waals surface area contributed by atoms with E-state index in [4.69, 9.17) is 0 Å². The topological polar surface area (TPSA) is 42.7 Å². The second-order valence-corrected chi connectivity index (χ2v) is 6.31. The Morgan fingerprint density at radius 2 is 1.95 bits per heavy atom. The summed E-state index contributed by atoms with van der Waals surface area (Å²) >= 11 is 1.70. The van der Waals surface area contributed by atoms with E-state index in [0.29, 0.717) is 6.04 Å². The van der Waals surface area contributed by atoms with Crippen LogP contribution in [-0.4, -0.2) is 14.8 Å². The summed E-state index contributed by atoms with van der Waals surface area (Å²) in [6.45, 7) is 10.6. The summed E-state index contributed by atoms with van der Waals surface area (Å²) in [5.41, 5.74) is 2.33. The Bertz CT molecular complexity index is 529. The largest absolute Gasteiger partial charge is 0.302 e. The maximum absolute atomic E-state index is 4.53. The van der Waals surface area contributed by atoms with Crippen LogP contribution in [0, 0.1) is 6.92 Å². The number of aromatic nitrogens is 3. The second-order valence-electron chi connectivity index (χ2n) is 5.25. The molecule has 0 aliphatic heterocycles. The minimum atomic E-state index is 0.252. The summed E-state index contributed by atoms with van der Waals surface area (Å²) < 4.78 is 1.99. The number of hydrogen-bond donors (Lipinski definition) is 1. The first-order chi connectivity index (χ1) is 8.97. The second kappa shape index (κ2) is 5.84. The SMILES string of the molecule is Cc1nc(C(C)NC(C)c2cnn(C(C)C)c2)cs1. The van der Waals surface area contributed by atoms with Crippen LogP contribution in [0.1, 0.15) is 62.1 Å². The Kier molecular flexibility index (Phi) is 4.37. The average Bonchev–Trinajstić information content (AvgIpc) is 2.96. The van der Waals surface area contributed by atoms with Crippen LogP contribution in [0.15, 0.2) is 17.8 Å². The molecule has 0 bridgehead atoms. The van der Waals surface area contributed by atoms with E-state index in [1.807, 2.05) is 17.8 Å². The molecule has 2 rings (SSSR count). The molecule has 0 saturated heterocycles. The fourth-order valence-corrected chi connectivity index (χ4v) is 2.70. The third kappa shape index (κ3) is 3.42. The van der Waals surface area contributed by atoms with Gasteiger partial charge in [-0.2, -0.15) is 5.10 Å². The molecule has 104 valence electrons. The highest BCUT2D eigenvalue weighted by molar-refractivity contribution is 7.09. The van der Waals surface area contributed by atoms with Crippen molar-refractivity contribution in [1.82, 2.24) is 20.1 Å². The smallest absolute Gasteiger partial charge is 0.0898 e. The molecule has 0 aliphatic rings. The van der Waals surface area contributed by atoms with Crippen LogP contribution in [0.4, 0.5) is 0 Å². The van der Waals surface area contributed by atoms with Crippen LogP contribution in [0.25, 0.3) is 0 Å². The summed E-state index contributed by atoms with van der Waals surface area (Å²) in [6.07, 6.45) is 4.05. The Balaban J connectivity index is 2.01. The van der Waals surface area contributed by atoms with Gasteiger partial charge in [0.05, 0.1) is 16.9 Å². The van der Waals surface area contributed by atoms with E-state index in [1.54, 1.807) is 11.3 Å². The van der Waals surface area contributed by atoms with Crippen LogP contribution >= 0.6 is 11.3 Å². The van der Waals surface area contributed by atoms with E-state index in [9.17, 15) is 0 Å². The zero-order valence-electron chi connectivity index (χ0n) is 12.2. The molecule has 4 nitrogen and oxygen atoms in total. The van der Waals surface area contributed by atoms with Crippen LogP contribution < -0.4 is 5.32 Å². The number of hydrogen-bond acceptors (Lipinski definition) is 4. The molecule has 0 radical (unpaired) electrons. The van der Waals surface area contributed by atoms with Gasteiger partial charge in [-0.15, -0.1) is 11.3 Å². The predicted molar refractivity (Wildman–Crippen MR) is 79.4 cm³/mol. The Hall–Kier alpha value is -1.20. The molecule has 5 heteroatoms. The number of rotatable bonds is 5. The highest BCUT2D eigenvalue weighted by Crippen LogP contribution is 2.21. The van der Waals surface area contributed by atoms with E-state index in [0.717, 1.165) is 10.7 Å². The van der Waals surface area contributed by atoms with Crippen LogP contribution in [0.2, 0.25) is 0 Å². The van der Waals surface area contributed by atoms with Crippen molar-refractivity contribution in [3.8, 4) is 0 Å². The summed E-state index contributed by atoms with van der Waals surface area (Å²) in [4.78, 5) is 4.53. The maximum Gasteiger partial charge on any atom is 0.0898 e. The molecule has 0 spiro atoms. The van der Waals surface area contributed by atoms with Crippen molar-refractivity contribution in [3.63, 3.8) is 0 Å². The highest BCUT2D eigenvalue weighted by atomic mass is 32.1. The first-order valence-corrected chi connectivity index (χ1v) is 7.57. The molecule has 0 amide bonds. The van der Waals surface area contributed by atoms with Gasteiger partial charge in [-0.1, -0.05) is 0 Å². The molecule has 2 heterocycles. The molecule has 2 unspecified atom stereocenters. The summed E-state index contributed by atoms with van der Waals surface area (Å²) in [5.74, 6) is 0. The molecule has 0 aliphatic carbocycles. The van der Waals surface area contributed by atoms with Crippen molar-refractivity contribution in [2.45, 2.75) is 52.7 Å². The molecular formula is C14H22N4S. The van der Waals surface area contributed by atoms with Crippen molar-refractivity contribution in [2.75, 3.05) is 0 Å². The van der Waals surface area contributed by atoms with E-state index >= 15 is 0 Å². The Morgan fingerprint density at radius 3 is 2.47 bits per heavy atom. The zero-order chi connectivity index (χ0) is 14.0. The van der Waals surface area contributed by atoms with Crippen LogP contribution in [-0.2, 0) is 0 Å². The standard InChI is InChI=1S/C14H22N4S/c1-9(2)18-7-13(6-15-18)10(3)16-11(4)14-8-19-12(5)17-14/h6-11,16H,1-5H3. The fraction of sp³-hybridized carbons (Fsp3) is 0.571. The number of nitrogens with one attached hydrogen (secondary N) is 1. The van der Waals surface area contributed by atoms with Crippen molar-refractivity contribution >= 4 is 11.3 Å². The molecule has 2 aromatic heterocycles. The van der Waals surface area contributed by atoms with Crippen molar-refractivity contribution in [3.05, 3.63) is 34.0 Å². The van der Waals surface area contributed by atoms with E-state index in [2.05, 4.69) is 54.7 Å². The van der Waals surface area contributed by atoms with Gasteiger partial charge < -0.3 is 5.32 Å². The molecule has 0 fully saturated rings. The molecule has 1 N–H and O–H groups in total. The van der Waals surface area contributed by atoms with Gasteiger partial charge in [-0.05, 0) is 34.6 Å². The van der Waals surface area contributed by atoms with Gasteiger partial charge in [0.1, 0.15) is 0 Å². The average molecular weight is 278 g/mol. The minimum absolute atomic E-state index is 0.252. The van der Waals surface area contributed by atoms with Crippen molar-refractivity contribution in [2.24, 2.45) is 0 Å². The van der Waals surface area contributed by atoms with E-state index in [1.165, 1.54) is 5.56 Å². The van der Waals surface area contributed by atoms with Gasteiger partial charge in [0.2, 0.25) is 0 Å². The van der Waals surface area contributed by atoms with Gasteiger partial charge in [-0.25, -0.2) is 4.98 Å². The summed E-state index contributed by atoms with van der Waals surface area (Å²) in [6, 6.07) is 0.923. The minimum Gasteiger partial charge on any atom is -0.302 e. The predicted octanol–water partition coefficient (Wildman–Crippen LogP) is 3.64. The molecule has 0 saturated carbocycles. The normalized spacial score (nSPS) is 14.8. The molecular weight excluding hydrogens is 256 g/mol. The lowest BCUT2D eigenvalue weighted by Crippen LogP contribution is -2.22. The van der Waals surface area contributed by atoms with Crippen molar-refractivity contribution < 1.29 is 0 Å². The number of thiazole rings is 1. The van der Waals surface area contributed by atoms with Gasteiger partial charge >= 0.3 is 0 Å². The number of nitrogens with zero attached hydrogens (tertiary/aromatic N) is 3. The first kappa shape index (κ1) is 14.2. The first-order valence-electron chi connectivity index (χ1n) is 6.69. The third-order valence-corrected chi connectivity index (χ3v) is 4.02. The van der Waals surface area contributed by atoms with Gasteiger partial charge in [0.15, 0.2) is 0 Å². The van der Waals surface area contributed by atoms with Crippen LogP contribution in [0.3, 0.4) is 0 Å². The lowest BCUT2D eigenvalue weighted by atomic mass is 10.1. The van der Waals surface area contributed by atoms with E-state index < -0.39 is 0 Å². The Labute approximate surface area is 118 Å². The van der Waals surface area contributed by atoms with Gasteiger partial charge in [0, 0.05) is 35.3 Å². The highest BCUT2D eigenvalue weighted by Gasteiger charge is 2.15. The van der Waals surface area contributed by atoms with Crippen LogP contribution in [0.5, 0.6) is 0 Å². The molecule has 2 atom stereocenters.